The number of carbonyl (C=O) groups excluding carboxylic acids is 1. The number of aliphatic carboxylic acids is 1. The van der Waals surface area contributed by atoms with Gasteiger partial charge >= 0.3 is 5.97 Å². The van der Waals surface area contributed by atoms with Crippen molar-refractivity contribution >= 4 is 23.5 Å². The zero-order chi connectivity index (χ0) is 15.7. The predicted molar refractivity (Wildman–Crippen MR) is 75.5 cm³/mol. The summed E-state index contributed by atoms with van der Waals surface area (Å²) in [6.45, 7) is 0.611. The molecule has 1 aromatic rings. The van der Waals surface area contributed by atoms with Gasteiger partial charge in [-0.05, 0) is 12.1 Å². The number of amides is 1. The van der Waals surface area contributed by atoms with Gasteiger partial charge in [-0.1, -0.05) is 11.6 Å². The van der Waals surface area contributed by atoms with Crippen LogP contribution in [0.2, 0.25) is 5.02 Å². The fourth-order valence-corrected chi connectivity index (χ4v) is 2.77. The van der Waals surface area contributed by atoms with Gasteiger partial charge in [-0.25, -0.2) is 4.79 Å². The fraction of sp³-hybridized carbons (Fsp3) is 0.429. The zero-order valence-corrected chi connectivity index (χ0v) is 12.3. The maximum Gasteiger partial charge on any atom is 0.329 e. The van der Waals surface area contributed by atoms with Crippen LogP contribution >= 0.6 is 11.6 Å². The van der Waals surface area contributed by atoms with Crippen molar-refractivity contribution in [2.75, 3.05) is 20.0 Å². The summed E-state index contributed by atoms with van der Waals surface area (Å²) in [6.07, 6.45) is 0.429. The van der Waals surface area contributed by atoms with Crippen LogP contribution in [0.25, 0.3) is 0 Å². The number of carboxylic acid groups (broad SMARTS) is 1. The minimum Gasteiger partial charge on any atom is -0.480 e. The molecule has 1 amide bonds. The van der Waals surface area contributed by atoms with E-state index in [4.69, 9.17) is 25.8 Å². The van der Waals surface area contributed by atoms with Gasteiger partial charge in [0.1, 0.15) is 5.54 Å². The van der Waals surface area contributed by atoms with Crippen LogP contribution < -0.4 is 14.8 Å². The van der Waals surface area contributed by atoms with Crippen LogP contribution in [-0.2, 0) is 9.53 Å². The second-order valence-corrected chi connectivity index (χ2v) is 5.55. The van der Waals surface area contributed by atoms with Crippen molar-refractivity contribution in [3.8, 4) is 11.5 Å². The van der Waals surface area contributed by atoms with E-state index < -0.39 is 17.4 Å². The summed E-state index contributed by atoms with van der Waals surface area (Å²) >= 11 is 6.04. The number of nitrogens with one attached hydrogen (secondary N) is 1. The predicted octanol–water partition coefficient (Wildman–Crippen LogP) is 1.43. The first-order chi connectivity index (χ1) is 10.5. The molecule has 22 heavy (non-hydrogen) atoms. The Hall–Kier alpha value is -1.99. The molecule has 0 aromatic heterocycles. The lowest BCUT2D eigenvalue weighted by Crippen LogP contribution is -2.57. The Balaban J connectivity index is 1.85. The summed E-state index contributed by atoms with van der Waals surface area (Å²) in [5.41, 5.74) is -1.10. The summed E-state index contributed by atoms with van der Waals surface area (Å²) in [4.78, 5) is 24.0. The second kappa shape index (κ2) is 5.66. The van der Waals surface area contributed by atoms with E-state index in [0.717, 1.165) is 0 Å². The lowest BCUT2D eigenvalue weighted by molar-refractivity contribution is -0.148. The number of rotatable bonds is 3. The van der Waals surface area contributed by atoms with Crippen LogP contribution in [0.3, 0.4) is 0 Å². The average Bonchev–Trinajstić information content (AvgIpc) is 2.97. The molecule has 2 aliphatic rings. The summed E-state index contributed by atoms with van der Waals surface area (Å²) < 4.78 is 15.6. The van der Waals surface area contributed by atoms with Gasteiger partial charge in [0.05, 0.1) is 5.02 Å². The normalized spacial score (nSPS) is 18.8. The zero-order valence-electron chi connectivity index (χ0n) is 11.6. The van der Waals surface area contributed by atoms with Gasteiger partial charge in [-0.3, -0.25) is 4.79 Å². The molecular formula is C14H14ClNO6. The van der Waals surface area contributed by atoms with E-state index >= 15 is 0 Å². The van der Waals surface area contributed by atoms with Gasteiger partial charge in [0, 0.05) is 31.6 Å². The molecule has 0 aliphatic carbocycles. The number of carbonyl (C=O) groups is 2. The molecule has 1 fully saturated rings. The van der Waals surface area contributed by atoms with E-state index in [-0.39, 0.29) is 43.4 Å². The lowest BCUT2D eigenvalue weighted by Gasteiger charge is -2.33. The first-order valence-electron chi connectivity index (χ1n) is 6.75. The van der Waals surface area contributed by atoms with E-state index in [0.29, 0.717) is 11.5 Å². The minimum atomic E-state index is -1.32. The van der Waals surface area contributed by atoms with Crippen LogP contribution in [0.1, 0.15) is 23.2 Å². The third-order valence-corrected chi connectivity index (χ3v) is 4.08. The molecule has 1 saturated heterocycles. The van der Waals surface area contributed by atoms with Gasteiger partial charge in [-0.15, -0.1) is 0 Å². The number of hydrogen-bond donors (Lipinski definition) is 2. The first-order valence-corrected chi connectivity index (χ1v) is 7.12. The molecule has 3 rings (SSSR count). The molecule has 0 spiro atoms. The van der Waals surface area contributed by atoms with Crippen molar-refractivity contribution in [2.24, 2.45) is 0 Å². The molecule has 118 valence electrons. The molecule has 8 heteroatoms. The molecular weight excluding hydrogens is 314 g/mol. The Morgan fingerprint density at radius 3 is 2.64 bits per heavy atom. The molecule has 7 nitrogen and oxygen atoms in total. The lowest BCUT2D eigenvalue weighted by atomic mass is 9.89. The first kappa shape index (κ1) is 14.9. The molecule has 0 atom stereocenters. The van der Waals surface area contributed by atoms with Crippen molar-refractivity contribution < 1.29 is 28.9 Å². The molecule has 2 heterocycles. The summed E-state index contributed by atoms with van der Waals surface area (Å²) in [7, 11) is 0. The maximum absolute atomic E-state index is 12.4. The van der Waals surface area contributed by atoms with Gasteiger partial charge in [-0.2, -0.15) is 0 Å². The summed E-state index contributed by atoms with van der Waals surface area (Å²) in [5.74, 6) is -0.841. The number of benzene rings is 1. The van der Waals surface area contributed by atoms with E-state index in [9.17, 15) is 14.7 Å². The quantitative estimate of drug-likeness (QED) is 0.872. The van der Waals surface area contributed by atoms with Gasteiger partial charge < -0.3 is 24.6 Å². The smallest absolute Gasteiger partial charge is 0.329 e. The maximum atomic E-state index is 12.4. The topological polar surface area (TPSA) is 94.1 Å². The van der Waals surface area contributed by atoms with Crippen molar-refractivity contribution in [2.45, 2.75) is 18.4 Å². The van der Waals surface area contributed by atoms with Gasteiger partial charge in [0.25, 0.3) is 5.91 Å². The molecule has 1 aromatic carbocycles. The van der Waals surface area contributed by atoms with E-state index in [1.165, 1.54) is 12.1 Å². The molecule has 0 unspecified atom stereocenters. The number of ether oxygens (including phenoxy) is 3. The summed E-state index contributed by atoms with van der Waals surface area (Å²) in [5, 5.41) is 12.3. The van der Waals surface area contributed by atoms with Crippen molar-refractivity contribution in [3.63, 3.8) is 0 Å². The van der Waals surface area contributed by atoms with Crippen LogP contribution in [0.15, 0.2) is 12.1 Å². The van der Waals surface area contributed by atoms with Crippen LogP contribution in [-0.4, -0.2) is 42.5 Å². The molecule has 0 saturated carbocycles. The largest absolute Gasteiger partial charge is 0.480 e. The average molecular weight is 328 g/mol. The van der Waals surface area contributed by atoms with E-state index in [1.807, 2.05) is 0 Å². The van der Waals surface area contributed by atoms with E-state index in [1.54, 1.807) is 0 Å². The Labute approximate surface area is 131 Å². The van der Waals surface area contributed by atoms with Gasteiger partial charge in [0.15, 0.2) is 11.5 Å². The monoisotopic (exact) mass is 327 g/mol. The SMILES string of the molecule is O=C(NC1(C(=O)O)CCOCC1)c1cc(Cl)c2c(c1)OCO2. The van der Waals surface area contributed by atoms with Gasteiger partial charge in [0.2, 0.25) is 6.79 Å². The summed E-state index contributed by atoms with van der Waals surface area (Å²) in [6, 6.07) is 2.91. The molecule has 0 radical (unpaired) electrons. The standard InChI is InChI=1S/C14H14ClNO6/c15-9-5-8(6-10-11(9)22-7-21-10)12(17)16-14(13(18)19)1-3-20-4-2-14/h5-6H,1-4,7H2,(H,16,17)(H,18,19). The molecule has 2 N–H and O–H groups in total. The number of halogens is 1. The minimum absolute atomic E-state index is 0.0382. The molecule has 0 bridgehead atoms. The van der Waals surface area contributed by atoms with Crippen molar-refractivity contribution in [3.05, 3.63) is 22.7 Å². The Kier molecular flexibility index (Phi) is 3.84. The number of carboxylic acids is 1. The fourth-order valence-electron chi connectivity index (χ4n) is 2.50. The Morgan fingerprint density at radius 2 is 1.95 bits per heavy atom. The third-order valence-electron chi connectivity index (χ3n) is 3.80. The Bertz CT molecular complexity index is 626. The van der Waals surface area contributed by atoms with Crippen LogP contribution in [0, 0.1) is 0 Å². The molecule has 2 aliphatic heterocycles. The van der Waals surface area contributed by atoms with E-state index in [2.05, 4.69) is 5.32 Å². The number of hydrogen-bond acceptors (Lipinski definition) is 5. The third kappa shape index (κ3) is 2.57. The van der Waals surface area contributed by atoms with Crippen molar-refractivity contribution in [1.29, 1.82) is 0 Å². The van der Waals surface area contributed by atoms with Crippen LogP contribution in [0.5, 0.6) is 11.5 Å². The highest BCUT2D eigenvalue weighted by Gasteiger charge is 2.42. The number of fused-ring (bicyclic) bond motifs is 1. The van der Waals surface area contributed by atoms with Crippen molar-refractivity contribution in [1.82, 2.24) is 5.32 Å². The van der Waals surface area contributed by atoms with Crippen LogP contribution in [0.4, 0.5) is 0 Å². The highest BCUT2D eigenvalue weighted by molar-refractivity contribution is 6.32. The highest BCUT2D eigenvalue weighted by atomic mass is 35.5. The second-order valence-electron chi connectivity index (χ2n) is 5.15. The Morgan fingerprint density at radius 1 is 1.23 bits per heavy atom. The highest BCUT2D eigenvalue weighted by Crippen LogP contribution is 2.39.